The van der Waals surface area contributed by atoms with E-state index < -0.39 is 0 Å². The quantitative estimate of drug-likeness (QED) is 0.941. The van der Waals surface area contributed by atoms with Gasteiger partial charge in [0.2, 0.25) is 0 Å². The molecule has 1 N–H and O–H groups in total. The summed E-state index contributed by atoms with van der Waals surface area (Å²) in [6.07, 6.45) is 0. The van der Waals surface area contributed by atoms with Crippen LogP contribution in [0.5, 0.6) is 5.75 Å². The molecule has 4 heteroatoms. The van der Waals surface area contributed by atoms with E-state index in [1.54, 1.807) is 12.1 Å². The van der Waals surface area contributed by atoms with Gasteiger partial charge in [-0.1, -0.05) is 18.2 Å². The van der Waals surface area contributed by atoms with Crippen LogP contribution >= 0.6 is 0 Å². The van der Waals surface area contributed by atoms with Crippen molar-refractivity contribution in [3.05, 3.63) is 59.2 Å². The maximum Gasteiger partial charge on any atom is 0.254 e. The Kier molecular flexibility index (Phi) is 3.29. The van der Waals surface area contributed by atoms with E-state index in [0.29, 0.717) is 13.1 Å². The standard InChI is InChI=1S/C17H18N2O2/c1-18(2)14-6-5-13-11-19(17(21)16(13)9-14)10-12-3-7-15(20)8-4-12/h3-9,20H,10-11H2,1-2H3. The summed E-state index contributed by atoms with van der Waals surface area (Å²) in [5.74, 6) is 0.312. The zero-order valence-corrected chi connectivity index (χ0v) is 12.2. The highest BCUT2D eigenvalue weighted by atomic mass is 16.3. The second-order valence-electron chi connectivity index (χ2n) is 5.56. The van der Waals surface area contributed by atoms with Gasteiger partial charge in [0.15, 0.2) is 0 Å². The van der Waals surface area contributed by atoms with Crippen molar-refractivity contribution in [1.29, 1.82) is 0 Å². The molecule has 108 valence electrons. The number of phenols is 1. The first kappa shape index (κ1) is 13.5. The molecule has 2 aromatic rings. The van der Waals surface area contributed by atoms with Gasteiger partial charge < -0.3 is 14.9 Å². The molecule has 0 radical (unpaired) electrons. The van der Waals surface area contributed by atoms with Gasteiger partial charge in [-0.25, -0.2) is 0 Å². The summed E-state index contributed by atoms with van der Waals surface area (Å²) in [5.41, 5.74) is 3.92. The number of hydrogen-bond acceptors (Lipinski definition) is 3. The highest BCUT2D eigenvalue weighted by Crippen LogP contribution is 2.28. The second-order valence-corrected chi connectivity index (χ2v) is 5.56. The van der Waals surface area contributed by atoms with Crippen molar-refractivity contribution in [1.82, 2.24) is 4.90 Å². The number of amides is 1. The topological polar surface area (TPSA) is 43.8 Å². The fraction of sp³-hybridized carbons (Fsp3) is 0.235. The molecule has 1 amide bonds. The highest BCUT2D eigenvalue weighted by Gasteiger charge is 2.27. The smallest absolute Gasteiger partial charge is 0.254 e. The highest BCUT2D eigenvalue weighted by molar-refractivity contribution is 5.99. The molecule has 0 aliphatic carbocycles. The number of benzene rings is 2. The van der Waals surface area contributed by atoms with Crippen LogP contribution < -0.4 is 4.90 Å². The van der Waals surface area contributed by atoms with E-state index in [4.69, 9.17) is 0 Å². The summed E-state index contributed by atoms with van der Waals surface area (Å²) in [4.78, 5) is 16.3. The summed E-state index contributed by atoms with van der Waals surface area (Å²) in [6, 6.07) is 13.0. The number of carbonyl (C=O) groups excluding carboxylic acids is 1. The Morgan fingerprint density at radius 1 is 1.14 bits per heavy atom. The summed E-state index contributed by atoms with van der Waals surface area (Å²) in [6.45, 7) is 1.20. The predicted molar refractivity (Wildman–Crippen MR) is 82.5 cm³/mol. The zero-order chi connectivity index (χ0) is 15.0. The van der Waals surface area contributed by atoms with E-state index in [1.807, 2.05) is 54.2 Å². The van der Waals surface area contributed by atoms with E-state index >= 15 is 0 Å². The average Bonchev–Trinajstić information content (AvgIpc) is 2.77. The molecule has 2 aromatic carbocycles. The number of phenolic OH excluding ortho intramolecular Hbond substituents is 1. The third-order valence-electron chi connectivity index (χ3n) is 3.80. The Morgan fingerprint density at radius 3 is 2.52 bits per heavy atom. The van der Waals surface area contributed by atoms with E-state index in [9.17, 15) is 9.90 Å². The lowest BCUT2D eigenvalue weighted by molar-refractivity contribution is 0.0767. The summed E-state index contributed by atoms with van der Waals surface area (Å²) in [7, 11) is 3.94. The Hall–Kier alpha value is -2.49. The molecule has 1 aliphatic rings. The normalized spacial score (nSPS) is 13.4. The Balaban J connectivity index is 1.81. The third kappa shape index (κ3) is 2.57. The minimum Gasteiger partial charge on any atom is -0.508 e. The van der Waals surface area contributed by atoms with Gasteiger partial charge in [0, 0.05) is 38.4 Å². The summed E-state index contributed by atoms with van der Waals surface area (Å²) < 4.78 is 0. The first-order valence-electron chi connectivity index (χ1n) is 6.92. The number of nitrogens with zero attached hydrogens (tertiary/aromatic N) is 2. The van der Waals surface area contributed by atoms with Crippen LogP contribution in [-0.2, 0) is 13.1 Å². The van der Waals surface area contributed by atoms with Gasteiger partial charge in [0.1, 0.15) is 5.75 Å². The molecule has 0 fully saturated rings. The molecule has 0 aromatic heterocycles. The largest absolute Gasteiger partial charge is 0.508 e. The number of hydrogen-bond donors (Lipinski definition) is 1. The minimum atomic E-state index is 0.0711. The lowest BCUT2D eigenvalue weighted by Crippen LogP contribution is -2.23. The molecule has 0 saturated heterocycles. The van der Waals surface area contributed by atoms with Gasteiger partial charge in [-0.3, -0.25) is 4.79 Å². The first-order chi connectivity index (χ1) is 10.0. The van der Waals surface area contributed by atoms with Crippen LogP contribution in [0.4, 0.5) is 5.69 Å². The van der Waals surface area contributed by atoms with Crippen molar-refractivity contribution in [2.45, 2.75) is 13.1 Å². The molecule has 0 unspecified atom stereocenters. The molecule has 21 heavy (non-hydrogen) atoms. The van der Waals surface area contributed by atoms with E-state index in [2.05, 4.69) is 0 Å². The van der Waals surface area contributed by atoms with Crippen LogP contribution in [0.3, 0.4) is 0 Å². The number of aromatic hydroxyl groups is 1. The number of carbonyl (C=O) groups is 1. The van der Waals surface area contributed by atoms with Gasteiger partial charge in [0.05, 0.1) is 0 Å². The van der Waals surface area contributed by atoms with Crippen LogP contribution in [0, 0.1) is 0 Å². The number of anilines is 1. The van der Waals surface area contributed by atoms with Gasteiger partial charge in [-0.15, -0.1) is 0 Å². The maximum absolute atomic E-state index is 12.5. The monoisotopic (exact) mass is 282 g/mol. The van der Waals surface area contributed by atoms with Crippen molar-refractivity contribution in [2.75, 3.05) is 19.0 Å². The fourth-order valence-electron chi connectivity index (χ4n) is 2.58. The van der Waals surface area contributed by atoms with Crippen molar-refractivity contribution < 1.29 is 9.90 Å². The number of fused-ring (bicyclic) bond motifs is 1. The molecule has 0 bridgehead atoms. The van der Waals surface area contributed by atoms with Crippen molar-refractivity contribution in [3.63, 3.8) is 0 Å². The SMILES string of the molecule is CN(C)c1ccc2c(c1)C(=O)N(Cc1ccc(O)cc1)C2. The average molecular weight is 282 g/mol. The van der Waals surface area contributed by atoms with E-state index in [1.165, 1.54) is 0 Å². The Labute approximate surface area is 124 Å². The lowest BCUT2D eigenvalue weighted by atomic mass is 10.1. The minimum absolute atomic E-state index is 0.0711. The molecule has 0 spiro atoms. The first-order valence-corrected chi connectivity index (χ1v) is 6.92. The van der Waals surface area contributed by atoms with Crippen LogP contribution in [0.25, 0.3) is 0 Å². The van der Waals surface area contributed by atoms with Gasteiger partial charge in [-0.05, 0) is 35.4 Å². The molecule has 0 atom stereocenters. The summed E-state index contributed by atoms with van der Waals surface area (Å²) >= 11 is 0. The van der Waals surface area contributed by atoms with Crippen LogP contribution in [0.1, 0.15) is 21.5 Å². The van der Waals surface area contributed by atoms with Crippen LogP contribution in [0.15, 0.2) is 42.5 Å². The van der Waals surface area contributed by atoms with Gasteiger partial charge in [0.25, 0.3) is 5.91 Å². The maximum atomic E-state index is 12.5. The lowest BCUT2D eigenvalue weighted by Gasteiger charge is -2.15. The molecule has 3 rings (SSSR count). The molecule has 0 saturated carbocycles. The Morgan fingerprint density at radius 2 is 1.86 bits per heavy atom. The molecular formula is C17H18N2O2. The molecule has 1 aliphatic heterocycles. The molecule has 4 nitrogen and oxygen atoms in total. The van der Waals surface area contributed by atoms with Gasteiger partial charge >= 0.3 is 0 Å². The van der Waals surface area contributed by atoms with E-state index in [0.717, 1.165) is 22.4 Å². The van der Waals surface area contributed by atoms with Crippen LogP contribution in [0.2, 0.25) is 0 Å². The summed E-state index contributed by atoms with van der Waals surface area (Å²) in [5, 5.41) is 9.31. The third-order valence-corrected chi connectivity index (χ3v) is 3.80. The van der Waals surface area contributed by atoms with Crippen molar-refractivity contribution in [3.8, 4) is 5.75 Å². The Bertz CT molecular complexity index is 678. The second kappa shape index (κ2) is 5.13. The fourth-order valence-corrected chi connectivity index (χ4v) is 2.58. The van der Waals surface area contributed by atoms with Crippen molar-refractivity contribution >= 4 is 11.6 Å². The van der Waals surface area contributed by atoms with Crippen LogP contribution in [-0.4, -0.2) is 30.0 Å². The van der Waals surface area contributed by atoms with E-state index in [-0.39, 0.29) is 11.7 Å². The zero-order valence-electron chi connectivity index (χ0n) is 12.2. The van der Waals surface area contributed by atoms with Crippen molar-refractivity contribution in [2.24, 2.45) is 0 Å². The predicted octanol–water partition coefficient (Wildman–Crippen LogP) is 2.61. The van der Waals surface area contributed by atoms with Gasteiger partial charge in [-0.2, -0.15) is 0 Å². The number of rotatable bonds is 3. The molecule has 1 heterocycles. The molecular weight excluding hydrogens is 264 g/mol.